The van der Waals surface area contributed by atoms with Crippen molar-refractivity contribution < 1.29 is 14.3 Å². The Labute approximate surface area is 180 Å². The summed E-state index contributed by atoms with van der Waals surface area (Å²) in [6.07, 6.45) is 3.63. The van der Waals surface area contributed by atoms with Gasteiger partial charge in [-0.3, -0.25) is 4.79 Å². The van der Waals surface area contributed by atoms with E-state index in [2.05, 4.69) is 18.4 Å². The summed E-state index contributed by atoms with van der Waals surface area (Å²) in [5.41, 5.74) is 2.80. The summed E-state index contributed by atoms with van der Waals surface area (Å²) in [7, 11) is 0. The average molecular weight is 414 g/mol. The molecule has 1 fully saturated rings. The van der Waals surface area contributed by atoms with Gasteiger partial charge in [-0.2, -0.15) is 5.26 Å². The number of amides is 1. The molecule has 6 nitrogen and oxygen atoms in total. The Hall–Kier alpha value is -2.55. The third kappa shape index (κ3) is 5.33. The van der Waals surface area contributed by atoms with E-state index in [4.69, 9.17) is 4.74 Å². The largest absolute Gasteiger partial charge is 0.448 e. The molecule has 0 radical (unpaired) electrons. The Kier molecular flexibility index (Phi) is 7.89. The number of aromatic nitrogens is 1. The second-order valence-electron chi connectivity index (χ2n) is 8.92. The van der Waals surface area contributed by atoms with Crippen LogP contribution in [0.4, 0.5) is 0 Å². The highest BCUT2D eigenvalue weighted by Gasteiger charge is 2.33. The van der Waals surface area contributed by atoms with Gasteiger partial charge < -0.3 is 14.2 Å². The Morgan fingerprint density at radius 1 is 1.23 bits per heavy atom. The molecule has 164 valence electrons. The van der Waals surface area contributed by atoms with Crippen LogP contribution < -0.4 is 0 Å². The van der Waals surface area contributed by atoms with Crippen LogP contribution in [-0.4, -0.2) is 39.5 Å². The number of aryl methyl sites for hydroxylation is 1. The van der Waals surface area contributed by atoms with Gasteiger partial charge in [-0.15, -0.1) is 0 Å². The summed E-state index contributed by atoms with van der Waals surface area (Å²) in [6.45, 7) is 14.8. The first-order valence-corrected chi connectivity index (χ1v) is 10.9. The summed E-state index contributed by atoms with van der Waals surface area (Å²) in [6, 6.07) is 4.16. The molecule has 0 saturated carbocycles. The fourth-order valence-corrected chi connectivity index (χ4v) is 4.25. The SMILES string of the molecule is Cc1cc(/C=C(\C#N)C(=O)O[C@@H](C)C(=O)N2[C@@H](C)CCC[C@@H]2C)c(C)n1CC(C)C. The predicted molar refractivity (Wildman–Crippen MR) is 118 cm³/mol. The molecule has 0 aromatic carbocycles. The summed E-state index contributed by atoms with van der Waals surface area (Å²) < 4.78 is 7.58. The number of rotatable bonds is 6. The molecule has 0 aliphatic carbocycles. The molecule has 1 aliphatic rings. The van der Waals surface area contributed by atoms with Crippen molar-refractivity contribution in [2.45, 2.75) is 92.5 Å². The van der Waals surface area contributed by atoms with Gasteiger partial charge in [-0.25, -0.2) is 4.79 Å². The first kappa shape index (κ1) is 23.7. The van der Waals surface area contributed by atoms with Gasteiger partial charge in [0.1, 0.15) is 11.6 Å². The fourth-order valence-electron chi connectivity index (χ4n) is 4.25. The molecule has 30 heavy (non-hydrogen) atoms. The van der Waals surface area contributed by atoms with Gasteiger partial charge in [0.25, 0.3) is 5.91 Å². The van der Waals surface area contributed by atoms with Crippen LogP contribution in [0.15, 0.2) is 11.6 Å². The minimum Gasteiger partial charge on any atom is -0.448 e. The lowest BCUT2D eigenvalue weighted by molar-refractivity contribution is -0.159. The molecule has 0 unspecified atom stereocenters. The van der Waals surface area contributed by atoms with Crippen LogP contribution in [0, 0.1) is 31.1 Å². The van der Waals surface area contributed by atoms with Crippen LogP contribution in [0.1, 0.15) is 70.8 Å². The van der Waals surface area contributed by atoms with E-state index in [1.165, 1.54) is 0 Å². The maximum absolute atomic E-state index is 12.9. The minimum atomic E-state index is -0.925. The molecule has 1 aromatic heterocycles. The highest BCUT2D eigenvalue weighted by atomic mass is 16.5. The molecule has 3 atom stereocenters. The number of hydrogen-bond acceptors (Lipinski definition) is 4. The quantitative estimate of drug-likeness (QED) is 0.394. The Morgan fingerprint density at radius 3 is 2.37 bits per heavy atom. The van der Waals surface area contributed by atoms with Gasteiger partial charge in [0, 0.05) is 30.0 Å². The number of esters is 1. The lowest BCUT2D eigenvalue weighted by atomic mass is 9.97. The average Bonchev–Trinajstić information content (AvgIpc) is 2.92. The summed E-state index contributed by atoms with van der Waals surface area (Å²) in [5.74, 6) is -0.474. The van der Waals surface area contributed by atoms with E-state index in [-0.39, 0.29) is 23.6 Å². The molecule has 0 N–H and O–H groups in total. The van der Waals surface area contributed by atoms with Crippen molar-refractivity contribution in [1.82, 2.24) is 9.47 Å². The number of carbonyl (C=O) groups is 2. The topological polar surface area (TPSA) is 75.3 Å². The third-order valence-corrected chi connectivity index (χ3v) is 5.88. The zero-order chi connectivity index (χ0) is 22.6. The number of hydrogen-bond donors (Lipinski definition) is 0. The van der Waals surface area contributed by atoms with Crippen molar-refractivity contribution in [3.8, 4) is 6.07 Å². The van der Waals surface area contributed by atoms with Gasteiger partial charge in [0.2, 0.25) is 0 Å². The maximum atomic E-state index is 12.9. The molecule has 6 heteroatoms. The van der Waals surface area contributed by atoms with Crippen LogP contribution in [0.2, 0.25) is 0 Å². The summed E-state index contributed by atoms with van der Waals surface area (Å²) in [4.78, 5) is 27.3. The standard InChI is InChI=1S/C24H35N3O3/c1-15(2)14-26-18(5)11-21(19(26)6)12-22(13-25)24(29)30-20(7)23(28)27-16(3)9-8-10-17(27)4/h11-12,15-17,20H,8-10,14H2,1-7H3/b22-12+/t16-,17-,20-/m0/s1. The number of likely N-dealkylation sites (tertiary alicyclic amines) is 1. The highest BCUT2D eigenvalue weighted by molar-refractivity contribution is 5.99. The van der Waals surface area contributed by atoms with E-state index in [1.54, 1.807) is 13.0 Å². The van der Waals surface area contributed by atoms with Crippen molar-refractivity contribution in [3.05, 3.63) is 28.6 Å². The molecule has 0 spiro atoms. The van der Waals surface area contributed by atoms with Crippen molar-refractivity contribution >= 4 is 18.0 Å². The molecule has 1 saturated heterocycles. The van der Waals surface area contributed by atoms with Crippen LogP contribution in [0.3, 0.4) is 0 Å². The summed E-state index contributed by atoms with van der Waals surface area (Å²) >= 11 is 0. The second-order valence-corrected chi connectivity index (χ2v) is 8.92. The van der Waals surface area contributed by atoms with Gasteiger partial charge >= 0.3 is 5.97 Å². The van der Waals surface area contributed by atoms with Crippen LogP contribution in [0.25, 0.3) is 6.08 Å². The molecular formula is C24H35N3O3. The zero-order valence-corrected chi connectivity index (χ0v) is 19.4. The fraction of sp³-hybridized carbons (Fsp3) is 0.625. The zero-order valence-electron chi connectivity index (χ0n) is 19.4. The van der Waals surface area contributed by atoms with Crippen molar-refractivity contribution in [3.63, 3.8) is 0 Å². The Bertz CT molecular complexity index is 850. The van der Waals surface area contributed by atoms with Crippen molar-refractivity contribution in [2.24, 2.45) is 5.92 Å². The monoisotopic (exact) mass is 413 g/mol. The normalized spacial score (nSPS) is 20.8. The van der Waals surface area contributed by atoms with Gasteiger partial charge in [-0.1, -0.05) is 13.8 Å². The van der Waals surface area contributed by atoms with E-state index in [9.17, 15) is 14.9 Å². The smallest absolute Gasteiger partial charge is 0.349 e. The first-order chi connectivity index (χ1) is 14.1. The van der Waals surface area contributed by atoms with Crippen molar-refractivity contribution in [1.29, 1.82) is 5.26 Å². The number of carbonyl (C=O) groups excluding carboxylic acids is 2. The number of ether oxygens (including phenoxy) is 1. The van der Waals surface area contributed by atoms with E-state index in [1.807, 2.05) is 44.7 Å². The van der Waals surface area contributed by atoms with Gasteiger partial charge in [0.05, 0.1) is 0 Å². The molecule has 0 bridgehead atoms. The number of piperidine rings is 1. The van der Waals surface area contributed by atoms with Crippen LogP contribution >= 0.6 is 0 Å². The Morgan fingerprint density at radius 2 is 1.83 bits per heavy atom. The van der Waals surface area contributed by atoms with Crippen molar-refractivity contribution in [2.75, 3.05) is 0 Å². The second kappa shape index (κ2) is 9.97. The van der Waals surface area contributed by atoms with E-state index < -0.39 is 12.1 Å². The lowest BCUT2D eigenvalue weighted by Gasteiger charge is -2.40. The minimum absolute atomic E-state index is 0.0980. The molecule has 1 aliphatic heterocycles. The molecule has 1 amide bonds. The molecule has 2 heterocycles. The molecule has 1 aromatic rings. The van der Waals surface area contributed by atoms with Gasteiger partial charge in [-0.05, 0) is 77.5 Å². The van der Waals surface area contributed by atoms with E-state index in [0.717, 1.165) is 42.8 Å². The maximum Gasteiger partial charge on any atom is 0.349 e. The first-order valence-electron chi connectivity index (χ1n) is 10.9. The molecule has 2 rings (SSSR count). The van der Waals surface area contributed by atoms with Crippen LogP contribution in [0.5, 0.6) is 0 Å². The number of nitrogens with zero attached hydrogens (tertiary/aromatic N) is 3. The highest BCUT2D eigenvalue weighted by Crippen LogP contribution is 2.24. The Balaban J connectivity index is 2.17. The van der Waals surface area contributed by atoms with E-state index in [0.29, 0.717) is 5.92 Å². The third-order valence-electron chi connectivity index (χ3n) is 5.88. The number of nitriles is 1. The lowest BCUT2D eigenvalue weighted by Crippen LogP contribution is -2.51. The van der Waals surface area contributed by atoms with Gasteiger partial charge in [0.15, 0.2) is 6.10 Å². The van der Waals surface area contributed by atoms with E-state index >= 15 is 0 Å². The predicted octanol–water partition coefficient (Wildman–Crippen LogP) is 4.39. The summed E-state index contributed by atoms with van der Waals surface area (Å²) in [5, 5.41) is 9.53. The van der Waals surface area contributed by atoms with Crippen LogP contribution in [-0.2, 0) is 20.9 Å². The molecular weight excluding hydrogens is 378 g/mol.